The molecule has 0 radical (unpaired) electrons. The van der Waals surface area contributed by atoms with Crippen LogP contribution in [0.5, 0.6) is 0 Å². The first-order valence-corrected chi connectivity index (χ1v) is 7.76. The van der Waals surface area contributed by atoms with Crippen molar-refractivity contribution in [1.29, 1.82) is 0 Å². The van der Waals surface area contributed by atoms with Crippen LogP contribution in [0.2, 0.25) is 0 Å². The Morgan fingerprint density at radius 3 is 2.32 bits per heavy atom. The molecule has 1 aromatic rings. The highest BCUT2D eigenvalue weighted by molar-refractivity contribution is 5.86. The van der Waals surface area contributed by atoms with Gasteiger partial charge in [0, 0.05) is 17.9 Å². The molecule has 0 N–H and O–H groups in total. The van der Waals surface area contributed by atoms with Gasteiger partial charge in [-0.25, -0.2) is 0 Å². The van der Waals surface area contributed by atoms with Crippen molar-refractivity contribution in [2.24, 2.45) is 11.8 Å². The average molecular weight is 299 g/mol. The Bertz CT molecular complexity index is 571. The Morgan fingerprint density at radius 1 is 1.27 bits per heavy atom. The van der Waals surface area contributed by atoms with E-state index in [0.717, 1.165) is 17.4 Å². The van der Waals surface area contributed by atoms with Crippen LogP contribution in [-0.2, 0) is 9.59 Å². The first-order valence-electron chi connectivity index (χ1n) is 7.76. The molecule has 3 heteroatoms. The van der Waals surface area contributed by atoms with Crippen LogP contribution < -0.4 is 0 Å². The van der Waals surface area contributed by atoms with Gasteiger partial charge in [0.15, 0.2) is 0 Å². The third-order valence-electron chi connectivity index (χ3n) is 4.38. The predicted molar refractivity (Wildman–Crippen MR) is 88.3 cm³/mol. The van der Waals surface area contributed by atoms with Crippen LogP contribution in [0.15, 0.2) is 42.5 Å². The zero-order valence-electron chi connectivity index (χ0n) is 13.9. The van der Waals surface area contributed by atoms with Crippen LogP contribution >= 0.6 is 0 Å². The molecule has 0 aliphatic carbocycles. The Balaban J connectivity index is 2.58. The highest BCUT2D eigenvalue weighted by Crippen LogP contribution is 2.48. The topological polar surface area (TPSA) is 37.4 Å². The molecule has 22 heavy (non-hydrogen) atoms. The van der Waals surface area contributed by atoms with Gasteiger partial charge >= 0.3 is 0 Å². The molecule has 3 nitrogen and oxygen atoms in total. The van der Waals surface area contributed by atoms with Gasteiger partial charge in [-0.05, 0) is 33.3 Å². The largest absolute Gasteiger partial charge is 0.330 e. The fourth-order valence-electron chi connectivity index (χ4n) is 3.59. The minimum atomic E-state index is -0.303. The number of carbonyl (C=O) groups excluding carboxylic acids is 2. The van der Waals surface area contributed by atoms with Crippen molar-refractivity contribution < 1.29 is 9.59 Å². The normalized spacial score (nSPS) is 25.4. The Morgan fingerprint density at radius 2 is 1.86 bits per heavy atom. The Labute approximate surface area is 133 Å². The quantitative estimate of drug-likeness (QED) is 0.627. The molecule has 1 amide bonds. The smallest absolute Gasteiger partial charge is 0.231 e. The molecule has 0 bridgehead atoms. The lowest BCUT2D eigenvalue weighted by Gasteiger charge is -2.38. The summed E-state index contributed by atoms with van der Waals surface area (Å²) in [6.45, 7) is 12.0. The highest BCUT2D eigenvalue weighted by Gasteiger charge is 2.51. The SMILES string of the molecule is C=C(C)[C@H]1C(=O)N(C(C)(C)C)[C@H](c2ccccc2)[C@H]1CC=O. The van der Waals surface area contributed by atoms with Gasteiger partial charge in [-0.2, -0.15) is 0 Å². The molecule has 0 aromatic heterocycles. The van der Waals surface area contributed by atoms with Gasteiger partial charge in [0.1, 0.15) is 6.29 Å². The number of nitrogens with zero attached hydrogens (tertiary/aromatic N) is 1. The monoisotopic (exact) mass is 299 g/mol. The molecule has 2 rings (SSSR count). The molecule has 1 aliphatic heterocycles. The fourth-order valence-corrected chi connectivity index (χ4v) is 3.59. The van der Waals surface area contributed by atoms with E-state index >= 15 is 0 Å². The molecule has 0 unspecified atom stereocenters. The number of benzene rings is 1. The van der Waals surface area contributed by atoms with Gasteiger partial charge in [0.25, 0.3) is 0 Å². The van der Waals surface area contributed by atoms with Crippen molar-refractivity contribution in [3.8, 4) is 0 Å². The van der Waals surface area contributed by atoms with Crippen molar-refractivity contribution in [1.82, 2.24) is 4.90 Å². The second kappa shape index (κ2) is 6.07. The van der Waals surface area contributed by atoms with Crippen LogP contribution in [0.25, 0.3) is 0 Å². The Hall–Kier alpha value is -1.90. The summed E-state index contributed by atoms with van der Waals surface area (Å²) in [5, 5.41) is 0. The third kappa shape index (κ3) is 2.85. The standard InChI is InChI=1S/C19H25NO2/c1-13(2)16-15(11-12-21)17(14-9-7-6-8-10-14)20(18(16)22)19(3,4)5/h6-10,12,15-17H,1,11H2,2-5H3/t15-,16+,17+/m0/s1. The minimum Gasteiger partial charge on any atom is -0.330 e. The molecule has 3 atom stereocenters. The van der Waals surface area contributed by atoms with Crippen molar-refractivity contribution >= 4 is 12.2 Å². The maximum atomic E-state index is 13.0. The molecule has 1 fully saturated rings. The summed E-state index contributed by atoms with van der Waals surface area (Å²) in [4.78, 5) is 26.2. The molecule has 1 aromatic carbocycles. The van der Waals surface area contributed by atoms with E-state index in [2.05, 4.69) is 6.58 Å². The molecule has 1 aliphatic rings. The number of hydrogen-bond acceptors (Lipinski definition) is 2. The minimum absolute atomic E-state index is 0.0517. The van der Waals surface area contributed by atoms with E-state index in [0.29, 0.717) is 6.42 Å². The first-order chi connectivity index (χ1) is 10.3. The number of hydrogen-bond donors (Lipinski definition) is 0. The van der Waals surface area contributed by atoms with E-state index < -0.39 is 0 Å². The summed E-state index contributed by atoms with van der Waals surface area (Å²) in [5.41, 5.74) is 1.62. The van der Waals surface area contributed by atoms with Crippen molar-refractivity contribution in [3.05, 3.63) is 48.0 Å². The summed E-state index contributed by atoms with van der Waals surface area (Å²) in [6.07, 6.45) is 1.30. The van der Waals surface area contributed by atoms with E-state index in [4.69, 9.17) is 0 Å². The molecular weight excluding hydrogens is 274 g/mol. The Kier molecular flexibility index (Phi) is 4.55. The van der Waals surface area contributed by atoms with Crippen LogP contribution in [0.4, 0.5) is 0 Å². The lowest BCUT2D eigenvalue weighted by Crippen LogP contribution is -2.44. The summed E-state index contributed by atoms with van der Waals surface area (Å²) in [6, 6.07) is 9.91. The van der Waals surface area contributed by atoms with Crippen molar-refractivity contribution in [2.45, 2.75) is 45.7 Å². The van der Waals surface area contributed by atoms with E-state index in [1.165, 1.54) is 0 Å². The maximum absolute atomic E-state index is 13.0. The van der Waals surface area contributed by atoms with Gasteiger partial charge in [-0.15, -0.1) is 0 Å². The molecule has 0 spiro atoms. The zero-order valence-corrected chi connectivity index (χ0v) is 13.9. The van der Waals surface area contributed by atoms with Gasteiger partial charge in [-0.1, -0.05) is 42.5 Å². The third-order valence-corrected chi connectivity index (χ3v) is 4.38. The number of aldehydes is 1. The molecule has 1 saturated heterocycles. The van der Waals surface area contributed by atoms with Crippen LogP contribution in [-0.4, -0.2) is 22.6 Å². The van der Waals surface area contributed by atoms with E-state index in [1.54, 1.807) is 0 Å². The summed E-state index contributed by atoms with van der Waals surface area (Å²) >= 11 is 0. The number of rotatable bonds is 4. The fraction of sp³-hybridized carbons (Fsp3) is 0.474. The van der Waals surface area contributed by atoms with Gasteiger partial charge in [-0.3, -0.25) is 4.79 Å². The van der Waals surface area contributed by atoms with Crippen LogP contribution in [0, 0.1) is 11.8 Å². The van der Waals surface area contributed by atoms with Gasteiger partial charge in [0.05, 0.1) is 12.0 Å². The maximum Gasteiger partial charge on any atom is 0.231 e. The molecule has 1 heterocycles. The van der Waals surface area contributed by atoms with Crippen LogP contribution in [0.3, 0.4) is 0 Å². The van der Waals surface area contributed by atoms with Crippen molar-refractivity contribution in [3.63, 3.8) is 0 Å². The second-order valence-corrected chi connectivity index (χ2v) is 7.12. The first kappa shape index (κ1) is 16.5. The number of likely N-dealkylation sites (tertiary alicyclic amines) is 1. The highest BCUT2D eigenvalue weighted by atomic mass is 16.2. The van der Waals surface area contributed by atoms with Gasteiger partial charge in [0.2, 0.25) is 5.91 Å². The average Bonchev–Trinajstić information content (AvgIpc) is 2.73. The van der Waals surface area contributed by atoms with E-state index in [-0.39, 0.29) is 29.3 Å². The lowest BCUT2D eigenvalue weighted by atomic mass is 9.81. The summed E-state index contributed by atoms with van der Waals surface area (Å²) in [7, 11) is 0. The summed E-state index contributed by atoms with van der Waals surface area (Å²) in [5.74, 6) is -0.251. The molecular formula is C19H25NO2. The lowest BCUT2D eigenvalue weighted by molar-refractivity contribution is -0.135. The predicted octanol–water partition coefficient (Wildman–Crippen LogP) is 3.77. The zero-order chi connectivity index (χ0) is 16.5. The van der Waals surface area contributed by atoms with Crippen LogP contribution in [0.1, 0.15) is 45.7 Å². The number of carbonyl (C=O) groups is 2. The molecule has 118 valence electrons. The number of amides is 1. The van der Waals surface area contributed by atoms with Crippen molar-refractivity contribution in [2.75, 3.05) is 0 Å². The second-order valence-electron chi connectivity index (χ2n) is 7.12. The van der Waals surface area contributed by atoms with Gasteiger partial charge < -0.3 is 9.69 Å². The summed E-state index contributed by atoms with van der Waals surface area (Å²) < 4.78 is 0. The molecule has 0 saturated carbocycles. The van der Waals surface area contributed by atoms with E-state index in [9.17, 15) is 9.59 Å². The van der Waals surface area contributed by atoms with E-state index in [1.807, 2.05) is 62.9 Å².